The van der Waals surface area contributed by atoms with Crippen molar-refractivity contribution in [1.82, 2.24) is 9.88 Å². The zero-order chi connectivity index (χ0) is 16.4. The molecule has 0 aliphatic heterocycles. The number of carbonyl (C=O) groups excluding carboxylic acids is 1. The highest BCUT2D eigenvalue weighted by Crippen LogP contribution is 2.19. The molecule has 23 heavy (non-hydrogen) atoms. The van der Waals surface area contributed by atoms with Crippen molar-refractivity contribution >= 4 is 16.8 Å². The summed E-state index contributed by atoms with van der Waals surface area (Å²) in [7, 11) is 0. The maximum Gasteiger partial charge on any atom is 0.270 e. The third-order valence-electron chi connectivity index (χ3n) is 3.89. The molecule has 1 heterocycles. The summed E-state index contributed by atoms with van der Waals surface area (Å²) in [4.78, 5) is 17.7. The van der Waals surface area contributed by atoms with Gasteiger partial charge >= 0.3 is 0 Å². The maximum atomic E-state index is 13.3. The van der Waals surface area contributed by atoms with E-state index >= 15 is 0 Å². The van der Waals surface area contributed by atoms with Crippen LogP contribution in [-0.2, 0) is 6.54 Å². The Morgan fingerprint density at radius 1 is 1.13 bits per heavy atom. The second kappa shape index (κ2) is 6.24. The molecule has 3 nitrogen and oxygen atoms in total. The van der Waals surface area contributed by atoms with E-state index in [-0.39, 0.29) is 17.8 Å². The fourth-order valence-electron chi connectivity index (χ4n) is 2.64. The van der Waals surface area contributed by atoms with E-state index in [4.69, 9.17) is 0 Å². The summed E-state index contributed by atoms with van der Waals surface area (Å²) in [5, 5.41) is 0.705. The molecular weight excluding hydrogens is 291 g/mol. The first kappa shape index (κ1) is 15.3. The molecule has 0 radical (unpaired) electrons. The lowest BCUT2D eigenvalue weighted by Gasteiger charge is -2.26. The smallest absolute Gasteiger partial charge is 0.270 e. The van der Waals surface area contributed by atoms with E-state index in [1.807, 2.05) is 44.2 Å². The molecule has 1 amide bonds. The number of amides is 1. The van der Waals surface area contributed by atoms with Gasteiger partial charge in [-0.15, -0.1) is 0 Å². The number of rotatable bonds is 4. The molecule has 4 heteroatoms. The molecule has 1 N–H and O–H groups in total. The Balaban J connectivity index is 1.90. The standard InChI is InChI=1S/C19H19FN2O/c1-13(2)22(12-14-6-4-3-5-7-14)19(23)18-11-15-10-16(20)8-9-17(15)21-18/h3-11,13,21H,12H2,1-2H3. The van der Waals surface area contributed by atoms with Crippen LogP contribution in [-0.4, -0.2) is 21.8 Å². The van der Waals surface area contributed by atoms with Crippen LogP contribution in [0.1, 0.15) is 29.9 Å². The van der Waals surface area contributed by atoms with E-state index in [1.165, 1.54) is 12.1 Å². The van der Waals surface area contributed by atoms with Gasteiger partial charge in [0.15, 0.2) is 0 Å². The molecule has 0 aliphatic carbocycles. The predicted octanol–water partition coefficient (Wildman–Crippen LogP) is 4.36. The van der Waals surface area contributed by atoms with Gasteiger partial charge in [0.2, 0.25) is 0 Å². The Hall–Kier alpha value is -2.62. The van der Waals surface area contributed by atoms with Gasteiger partial charge < -0.3 is 9.88 Å². The van der Waals surface area contributed by atoms with Crippen LogP contribution in [0.2, 0.25) is 0 Å². The fraction of sp³-hybridized carbons (Fsp3) is 0.211. The van der Waals surface area contributed by atoms with Gasteiger partial charge in [0, 0.05) is 23.5 Å². The van der Waals surface area contributed by atoms with E-state index in [9.17, 15) is 9.18 Å². The zero-order valence-corrected chi connectivity index (χ0v) is 13.2. The Kier molecular flexibility index (Phi) is 4.15. The van der Waals surface area contributed by atoms with Gasteiger partial charge in [0.05, 0.1) is 0 Å². The van der Waals surface area contributed by atoms with Gasteiger partial charge in [-0.1, -0.05) is 30.3 Å². The quantitative estimate of drug-likeness (QED) is 0.763. The normalized spacial score (nSPS) is 11.1. The van der Waals surface area contributed by atoms with Gasteiger partial charge in [0.1, 0.15) is 11.5 Å². The maximum absolute atomic E-state index is 13.3. The molecule has 3 rings (SSSR count). The summed E-state index contributed by atoms with van der Waals surface area (Å²) >= 11 is 0. The molecule has 0 saturated carbocycles. The van der Waals surface area contributed by atoms with Gasteiger partial charge in [-0.05, 0) is 43.7 Å². The van der Waals surface area contributed by atoms with Crippen LogP contribution in [0.5, 0.6) is 0 Å². The average molecular weight is 310 g/mol. The third kappa shape index (κ3) is 3.26. The first-order valence-corrected chi connectivity index (χ1v) is 7.68. The highest BCUT2D eigenvalue weighted by Gasteiger charge is 2.20. The predicted molar refractivity (Wildman–Crippen MR) is 89.7 cm³/mol. The minimum Gasteiger partial charge on any atom is -0.351 e. The number of aromatic nitrogens is 1. The summed E-state index contributed by atoms with van der Waals surface area (Å²) in [6.07, 6.45) is 0. The van der Waals surface area contributed by atoms with Crippen molar-refractivity contribution in [2.45, 2.75) is 26.4 Å². The average Bonchev–Trinajstić information content (AvgIpc) is 2.95. The van der Waals surface area contributed by atoms with Gasteiger partial charge in [-0.2, -0.15) is 0 Å². The zero-order valence-electron chi connectivity index (χ0n) is 13.2. The lowest BCUT2D eigenvalue weighted by molar-refractivity contribution is 0.0685. The van der Waals surface area contributed by atoms with Crippen LogP contribution >= 0.6 is 0 Å². The lowest BCUT2D eigenvalue weighted by atomic mass is 10.1. The number of nitrogens with zero attached hydrogens (tertiary/aromatic N) is 1. The molecule has 0 fully saturated rings. The Bertz CT molecular complexity index is 824. The monoisotopic (exact) mass is 310 g/mol. The molecule has 0 saturated heterocycles. The second-order valence-electron chi connectivity index (χ2n) is 5.93. The molecule has 1 aromatic heterocycles. The molecule has 0 unspecified atom stereocenters. The number of carbonyl (C=O) groups is 1. The summed E-state index contributed by atoms with van der Waals surface area (Å²) in [6.45, 7) is 4.52. The fourth-order valence-corrected chi connectivity index (χ4v) is 2.64. The number of H-pyrrole nitrogens is 1. The van der Waals surface area contributed by atoms with Crippen LogP contribution < -0.4 is 0 Å². The Morgan fingerprint density at radius 2 is 1.87 bits per heavy atom. The molecule has 3 aromatic rings. The topological polar surface area (TPSA) is 36.1 Å². The van der Waals surface area contributed by atoms with Gasteiger partial charge in [0.25, 0.3) is 5.91 Å². The molecule has 2 aromatic carbocycles. The Morgan fingerprint density at radius 3 is 2.57 bits per heavy atom. The van der Waals surface area contributed by atoms with Crippen molar-refractivity contribution in [2.75, 3.05) is 0 Å². The summed E-state index contributed by atoms with van der Waals surface area (Å²) in [6, 6.07) is 16.1. The SMILES string of the molecule is CC(C)N(Cc1ccccc1)C(=O)c1cc2cc(F)ccc2[nH]1. The number of benzene rings is 2. The number of hydrogen-bond acceptors (Lipinski definition) is 1. The molecular formula is C19H19FN2O. The molecule has 118 valence electrons. The molecule has 0 spiro atoms. The van der Waals surface area contributed by atoms with E-state index < -0.39 is 0 Å². The third-order valence-corrected chi connectivity index (χ3v) is 3.89. The van der Waals surface area contributed by atoms with Crippen LogP contribution in [0.15, 0.2) is 54.6 Å². The highest BCUT2D eigenvalue weighted by atomic mass is 19.1. The van der Waals surface area contributed by atoms with Crippen LogP contribution in [0.4, 0.5) is 4.39 Å². The number of aromatic amines is 1. The van der Waals surface area contributed by atoms with Crippen molar-refractivity contribution in [3.63, 3.8) is 0 Å². The van der Waals surface area contributed by atoms with Gasteiger partial charge in [-0.25, -0.2) is 4.39 Å². The first-order valence-electron chi connectivity index (χ1n) is 7.68. The molecule has 0 aliphatic rings. The van der Waals surface area contributed by atoms with Crippen LogP contribution in [0.3, 0.4) is 0 Å². The van der Waals surface area contributed by atoms with Crippen molar-refractivity contribution in [2.24, 2.45) is 0 Å². The molecule has 0 bridgehead atoms. The van der Waals surface area contributed by atoms with Crippen molar-refractivity contribution < 1.29 is 9.18 Å². The van der Waals surface area contributed by atoms with E-state index in [0.717, 1.165) is 11.1 Å². The van der Waals surface area contributed by atoms with E-state index in [2.05, 4.69) is 4.98 Å². The summed E-state index contributed by atoms with van der Waals surface area (Å²) < 4.78 is 13.3. The lowest BCUT2D eigenvalue weighted by Crippen LogP contribution is -2.36. The number of halogens is 1. The highest BCUT2D eigenvalue weighted by molar-refractivity contribution is 5.98. The van der Waals surface area contributed by atoms with E-state index in [0.29, 0.717) is 17.6 Å². The minimum atomic E-state index is -0.305. The van der Waals surface area contributed by atoms with Crippen LogP contribution in [0, 0.1) is 5.82 Å². The van der Waals surface area contributed by atoms with Crippen molar-refractivity contribution in [1.29, 1.82) is 0 Å². The van der Waals surface area contributed by atoms with E-state index in [1.54, 1.807) is 17.0 Å². The van der Waals surface area contributed by atoms with Crippen molar-refractivity contribution in [3.05, 3.63) is 71.7 Å². The largest absolute Gasteiger partial charge is 0.351 e. The minimum absolute atomic E-state index is 0.0610. The van der Waals surface area contributed by atoms with Gasteiger partial charge in [-0.3, -0.25) is 4.79 Å². The number of nitrogens with one attached hydrogen (secondary N) is 1. The van der Waals surface area contributed by atoms with Crippen molar-refractivity contribution in [3.8, 4) is 0 Å². The summed E-state index contributed by atoms with van der Waals surface area (Å²) in [5.74, 6) is -0.388. The number of fused-ring (bicyclic) bond motifs is 1. The van der Waals surface area contributed by atoms with Crippen LogP contribution in [0.25, 0.3) is 10.9 Å². The Labute approximate surface area is 134 Å². The first-order chi connectivity index (χ1) is 11.0. The number of hydrogen-bond donors (Lipinski definition) is 1. The second-order valence-corrected chi connectivity index (χ2v) is 5.93. The summed E-state index contributed by atoms with van der Waals surface area (Å²) in [5.41, 5.74) is 2.32. The molecule has 0 atom stereocenters.